The number of fused-ring (bicyclic) bond motifs is 1. The number of benzene rings is 1. The number of methoxy groups -OCH3 is 1. The van der Waals surface area contributed by atoms with Gasteiger partial charge in [-0.2, -0.15) is 0 Å². The fourth-order valence-electron chi connectivity index (χ4n) is 2.45. The van der Waals surface area contributed by atoms with E-state index in [0.717, 1.165) is 23.1 Å². The third kappa shape index (κ3) is 2.79. The van der Waals surface area contributed by atoms with Gasteiger partial charge in [-0.15, -0.1) is 11.6 Å². The molecule has 17 heavy (non-hydrogen) atoms. The second-order valence-corrected chi connectivity index (χ2v) is 6.89. The van der Waals surface area contributed by atoms with E-state index in [2.05, 4.69) is 35.8 Å². The predicted molar refractivity (Wildman–Crippen MR) is 76.0 cm³/mol. The highest BCUT2D eigenvalue weighted by atomic mass is 79.9. The minimum atomic E-state index is 0.0777. The summed E-state index contributed by atoms with van der Waals surface area (Å²) in [5.41, 5.74) is 2.87. The van der Waals surface area contributed by atoms with Gasteiger partial charge in [0, 0.05) is 4.47 Å². The summed E-state index contributed by atoms with van der Waals surface area (Å²) in [7, 11) is 1.69. The lowest BCUT2D eigenvalue weighted by Gasteiger charge is -2.23. The van der Waals surface area contributed by atoms with Crippen molar-refractivity contribution in [1.29, 1.82) is 0 Å². The van der Waals surface area contributed by atoms with Gasteiger partial charge >= 0.3 is 0 Å². The van der Waals surface area contributed by atoms with Crippen molar-refractivity contribution in [2.24, 2.45) is 5.41 Å². The van der Waals surface area contributed by atoms with E-state index >= 15 is 0 Å². The summed E-state index contributed by atoms with van der Waals surface area (Å²) in [6.07, 6.45) is 3.27. The standard InChI is InChI=1S/C14H18BrClO/c1-14(2)5-4-10-11(13(16)8-14)6-9(17-3)7-12(10)15/h6-7,13H,4-5,8H2,1-3H3. The first-order chi connectivity index (χ1) is 7.93. The summed E-state index contributed by atoms with van der Waals surface area (Å²) < 4.78 is 6.43. The van der Waals surface area contributed by atoms with E-state index in [1.807, 2.05) is 6.07 Å². The second-order valence-electron chi connectivity index (χ2n) is 5.51. The van der Waals surface area contributed by atoms with Crippen LogP contribution in [0.15, 0.2) is 16.6 Å². The zero-order chi connectivity index (χ0) is 12.6. The highest BCUT2D eigenvalue weighted by Crippen LogP contribution is 2.45. The van der Waals surface area contributed by atoms with Gasteiger partial charge in [0.05, 0.1) is 12.5 Å². The molecule has 0 bridgehead atoms. The third-order valence-corrected chi connectivity index (χ3v) is 4.66. The van der Waals surface area contributed by atoms with Crippen LogP contribution in [-0.2, 0) is 6.42 Å². The molecule has 94 valence electrons. The van der Waals surface area contributed by atoms with E-state index in [-0.39, 0.29) is 5.38 Å². The number of halogens is 2. The smallest absolute Gasteiger partial charge is 0.120 e. The van der Waals surface area contributed by atoms with Gasteiger partial charge in [0.1, 0.15) is 5.75 Å². The Balaban J connectivity index is 2.47. The summed E-state index contributed by atoms with van der Waals surface area (Å²) in [5.74, 6) is 0.876. The van der Waals surface area contributed by atoms with E-state index < -0.39 is 0 Å². The summed E-state index contributed by atoms with van der Waals surface area (Å²) in [4.78, 5) is 0. The van der Waals surface area contributed by atoms with Gasteiger partial charge in [0.25, 0.3) is 0 Å². The molecule has 0 spiro atoms. The average molecular weight is 318 g/mol. The molecule has 1 aromatic carbocycles. The van der Waals surface area contributed by atoms with Gasteiger partial charge in [-0.1, -0.05) is 29.8 Å². The molecule has 0 aromatic heterocycles. The molecule has 1 nitrogen and oxygen atoms in total. The van der Waals surface area contributed by atoms with Crippen molar-refractivity contribution in [3.8, 4) is 5.75 Å². The van der Waals surface area contributed by atoms with Crippen molar-refractivity contribution < 1.29 is 4.74 Å². The van der Waals surface area contributed by atoms with Crippen LogP contribution in [0, 0.1) is 5.41 Å². The SMILES string of the molecule is COc1cc(Br)c2c(c1)C(Cl)CC(C)(C)CC2. The second kappa shape index (κ2) is 4.81. The highest BCUT2D eigenvalue weighted by molar-refractivity contribution is 9.10. The minimum Gasteiger partial charge on any atom is -0.497 e. The summed E-state index contributed by atoms with van der Waals surface area (Å²) in [6.45, 7) is 4.58. The maximum absolute atomic E-state index is 6.56. The van der Waals surface area contributed by atoms with Crippen LogP contribution in [-0.4, -0.2) is 7.11 Å². The van der Waals surface area contributed by atoms with E-state index in [9.17, 15) is 0 Å². The van der Waals surface area contributed by atoms with Gasteiger partial charge in [-0.05, 0) is 47.9 Å². The van der Waals surface area contributed by atoms with Crippen molar-refractivity contribution in [2.75, 3.05) is 7.11 Å². The van der Waals surface area contributed by atoms with Gasteiger partial charge in [-0.3, -0.25) is 0 Å². The number of alkyl halides is 1. The summed E-state index contributed by atoms with van der Waals surface area (Å²) >= 11 is 10.2. The number of ether oxygens (including phenoxy) is 1. The maximum atomic E-state index is 6.56. The molecule has 0 N–H and O–H groups in total. The maximum Gasteiger partial charge on any atom is 0.120 e. The lowest BCUT2D eigenvalue weighted by molar-refractivity contribution is 0.313. The summed E-state index contributed by atoms with van der Waals surface area (Å²) in [6, 6.07) is 4.11. The molecule has 1 unspecified atom stereocenters. The largest absolute Gasteiger partial charge is 0.497 e. The van der Waals surface area contributed by atoms with Gasteiger partial charge < -0.3 is 4.74 Å². The Kier molecular flexibility index (Phi) is 3.74. The molecule has 3 heteroatoms. The molecule has 1 atom stereocenters. The van der Waals surface area contributed by atoms with Crippen LogP contribution in [0.3, 0.4) is 0 Å². The van der Waals surface area contributed by atoms with Crippen molar-refractivity contribution in [3.05, 3.63) is 27.7 Å². The molecule has 0 aliphatic heterocycles. The first-order valence-corrected chi connectivity index (χ1v) is 7.16. The van der Waals surface area contributed by atoms with Crippen molar-refractivity contribution >= 4 is 27.5 Å². The Morgan fingerprint density at radius 1 is 1.41 bits per heavy atom. The monoisotopic (exact) mass is 316 g/mol. The fourth-order valence-corrected chi connectivity index (χ4v) is 3.72. The van der Waals surface area contributed by atoms with E-state index in [4.69, 9.17) is 16.3 Å². The zero-order valence-electron chi connectivity index (χ0n) is 10.5. The van der Waals surface area contributed by atoms with Crippen LogP contribution in [0.25, 0.3) is 0 Å². The molecule has 0 fully saturated rings. The van der Waals surface area contributed by atoms with Gasteiger partial charge in [0.2, 0.25) is 0 Å². The lowest BCUT2D eigenvalue weighted by Crippen LogP contribution is -2.11. The van der Waals surface area contributed by atoms with Gasteiger partial charge in [0.15, 0.2) is 0 Å². The molecule has 0 saturated carbocycles. The molecule has 0 amide bonds. The molecular weight excluding hydrogens is 300 g/mol. The van der Waals surface area contributed by atoms with Crippen LogP contribution < -0.4 is 4.74 Å². The van der Waals surface area contributed by atoms with Crippen molar-refractivity contribution in [3.63, 3.8) is 0 Å². The van der Waals surface area contributed by atoms with Crippen LogP contribution >= 0.6 is 27.5 Å². The van der Waals surface area contributed by atoms with Crippen molar-refractivity contribution in [2.45, 2.75) is 38.5 Å². The Labute approximate surface area is 117 Å². The highest BCUT2D eigenvalue weighted by Gasteiger charge is 2.29. The first kappa shape index (κ1) is 13.2. The number of rotatable bonds is 1. The molecule has 2 rings (SSSR count). The van der Waals surface area contributed by atoms with Crippen molar-refractivity contribution in [1.82, 2.24) is 0 Å². The predicted octanol–water partition coefficient (Wildman–Crippen LogP) is 5.10. The number of hydrogen-bond acceptors (Lipinski definition) is 1. The van der Waals surface area contributed by atoms with E-state index in [1.165, 1.54) is 17.5 Å². The molecule has 0 radical (unpaired) electrons. The third-order valence-electron chi connectivity index (χ3n) is 3.56. The van der Waals surface area contributed by atoms with E-state index in [1.54, 1.807) is 7.11 Å². The number of hydrogen-bond donors (Lipinski definition) is 0. The molecule has 1 aliphatic rings. The van der Waals surface area contributed by atoms with Crippen LogP contribution in [0.2, 0.25) is 0 Å². The molecule has 0 heterocycles. The Bertz CT molecular complexity index is 428. The first-order valence-electron chi connectivity index (χ1n) is 5.93. The minimum absolute atomic E-state index is 0.0777. The average Bonchev–Trinajstić information content (AvgIpc) is 2.36. The van der Waals surface area contributed by atoms with E-state index in [0.29, 0.717) is 5.41 Å². The van der Waals surface area contributed by atoms with Crippen LogP contribution in [0.1, 0.15) is 43.2 Å². The van der Waals surface area contributed by atoms with Crippen LogP contribution in [0.4, 0.5) is 0 Å². The lowest BCUT2D eigenvalue weighted by atomic mass is 9.84. The topological polar surface area (TPSA) is 9.23 Å². The Hall–Kier alpha value is -0.210. The molecule has 1 aromatic rings. The molecule has 1 aliphatic carbocycles. The molecular formula is C14H18BrClO. The van der Waals surface area contributed by atoms with Crippen LogP contribution in [0.5, 0.6) is 5.75 Å². The summed E-state index contributed by atoms with van der Waals surface area (Å²) in [5, 5.41) is 0.0777. The Morgan fingerprint density at radius 2 is 2.12 bits per heavy atom. The normalized spacial score (nSPS) is 22.8. The van der Waals surface area contributed by atoms with Gasteiger partial charge in [-0.25, -0.2) is 0 Å². The Morgan fingerprint density at radius 3 is 2.76 bits per heavy atom. The molecule has 0 saturated heterocycles. The quantitative estimate of drug-likeness (QED) is 0.517. The zero-order valence-corrected chi connectivity index (χ0v) is 12.9. The fraction of sp³-hybridized carbons (Fsp3) is 0.571.